The minimum absolute atomic E-state index is 0.0145. The molecule has 1 aromatic rings. The van der Waals surface area contributed by atoms with Crippen molar-refractivity contribution in [1.29, 1.82) is 0 Å². The number of methoxy groups -OCH3 is 2. The van der Waals surface area contributed by atoms with E-state index in [1.807, 2.05) is 0 Å². The molecule has 1 amide bonds. The van der Waals surface area contributed by atoms with Crippen LogP contribution < -0.4 is 10.6 Å². The standard InChI is InChI=1S/C11H17N3O4/c1-16-6-7-3-8(14-18-7)11(15)13-9-4-12-5-10(9)17-2/h3,9-10,12H,4-6H2,1-2H3,(H,13,15)/t9?,10-/m0/s1. The zero-order valence-electron chi connectivity index (χ0n) is 10.4. The van der Waals surface area contributed by atoms with Crippen molar-refractivity contribution in [3.8, 4) is 0 Å². The maximum atomic E-state index is 11.9. The third kappa shape index (κ3) is 2.87. The number of aromatic nitrogens is 1. The van der Waals surface area contributed by atoms with Gasteiger partial charge >= 0.3 is 0 Å². The van der Waals surface area contributed by atoms with Crippen molar-refractivity contribution >= 4 is 5.91 Å². The Kier molecular flexibility index (Phi) is 4.29. The van der Waals surface area contributed by atoms with Crippen LogP contribution in [0.3, 0.4) is 0 Å². The van der Waals surface area contributed by atoms with E-state index in [0.717, 1.165) is 6.54 Å². The van der Waals surface area contributed by atoms with Gasteiger partial charge in [0.2, 0.25) is 0 Å². The Morgan fingerprint density at radius 1 is 1.61 bits per heavy atom. The van der Waals surface area contributed by atoms with E-state index in [0.29, 0.717) is 18.9 Å². The SMILES string of the molecule is COCc1cc(C(=O)NC2CNC[C@@H]2OC)no1. The topological polar surface area (TPSA) is 85.6 Å². The number of carbonyl (C=O) groups excluding carboxylic acids is 1. The summed E-state index contributed by atoms with van der Waals surface area (Å²) in [5, 5.41) is 9.71. The molecule has 2 N–H and O–H groups in total. The van der Waals surface area contributed by atoms with E-state index in [4.69, 9.17) is 14.0 Å². The highest BCUT2D eigenvalue weighted by Crippen LogP contribution is 2.08. The van der Waals surface area contributed by atoms with Crippen LogP contribution in [0.15, 0.2) is 10.6 Å². The van der Waals surface area contributed by atoms with Gasteiger partial charge in [0, 0.05) is 33.4 Å². The van der Waals surface area contributed by atoms with Crippen molar-refractivity contribution in [2.24, 2.45) is 0 Å². The molecule has 0 saturated carbocycles. The fourth-order valence-corrected chi connectivity index (χ4v) is 1.92. The van der Waals surface area contributed by atoms with Crippen LogP contribution in [0.25, 0.3) is 0 Å². The van der Waals surface area contributed by atoms with Crippen LogP contribution in [-0.4, -0.2) is 50.5 Å². The molecule has 1 fully saturated rings. The summed E-state index contributed by atoms with van der Waals surface area (Å²) in [6, 6.07) is 1.52. The normalized spacial score (nSPS) is 23.2. The molecule has 1 aromatic heterocycles. The average Bonchev–Trinajstić information content (AvgIpc) is 2.98. The van der Waals surface area contributed by atoms with Gasteiger partial charge in [0.05, 0.1) is 12.1 Å². The summed E-state index contributed by atoms with van der Waals surface area (Å²) >= 11 is 0. The maximum Gasteiger partial charge on any atom is 0.273 e. The number of ether oxygens (including phenoxy) is 2. The highest BCUT2D eigenvalue weighted by atomic mass is 16.5. The van der Waals surface area contributed by atoms with Gasteiger partial charge in [-0.2, -0.15) is 0 Å². The zero-order chi connectivity index (χ0) is 13.0. The highest BCUT2D eigenvalue weighted by Gasteiger charge is 2.29. The number of nitrogens with zero attached hydrogens (tertiary/aromatic N) is 1. The number of carbonyl (C=O) groups is 1. The lowest BCUT2D eigenvalue weighted by Gasteiger charge is -2.17. The summed E-state index contributed by atoms with van der Waals surface area (Å²) in [5.41, 5.74) is 0.254. The Bertz CT molecular complexity index is 407. The van der Waals surface area contributed by atoms with Crippen molar-refractivity contribution in [2.75, 3.05) is 27.3 Å². The number of nitrogens with one attached hydrogen (secondary N) is 2. The van der Waals surface area contributed by atoms with Crippen LogP contribution in [0.1, 0.15) is 16.2 Å². The van der Waals surface area contributed by atoms with Gasteiger partial charge in [0.15, 0.2) is 11.5 Å². The van der Waals surface area contributed by atoms with Crippen LogP contribution >= 0.6 is 0 Å². The monoisotopic (exact) mass is 255 g/mol. The van der Waals surface area contributed by atoms with Crippen LogP contribution in [0.2, 0.25) is 0 Å². The van der Waals surface area contributed by atoms with Crippen molar-refractivity contribution in [1.82, 2.24) is 15.8 Å². The van der Waals surface area contributed by atoms with Crippen LogP contribution in [0, 0.1) is 0 Å². The fraction of sp³-hybridized carbons (Fsp3) is 0.636. The minimum Gasteiger partial charge on any atom is -0.378 e. The van der Waals surface area contributed by atoms with Gasteiger partial charge in [-0.3, -0.25) is 4.79 Å². The molecular formula is C11H17N3O4. The highest BCUT2D eigenvalue weighted by molar-refractivity contribution is 5.92. The molecule has 7 nitrogen and oxygen atoms in total. The fourth-order valence-electron chi connectivity index (χ4n) is 1.92. The molecular weight excluding hydrogens is 238 g/mol. The van der Waals surface area contributed by atoms with E-state index in [9.17, 15) is 4.79 Å². The zero-order valence-corrected chi connectivity index (χ0v) is 10.4. The Balaban J connectivity index is 1.94. The quantitative estimate of drug-likeness (QED) is 0.740. The van der Waals surface area contributed by atoms with Gasteiger partial charge in [-0.25, -0.2) is 0 Å². The maximum absolute atomic E-state index is 11.9. The van der Waals surface area contributed by atoms with Crippen molar-refractivity contribution < 1.29 is 18.8 Å². The van der Waals surface area contributed by atoms with Gasteiger partial charge in [-0.15, -0.1) is 0 Å². The molecule has 1 unspecified atom stereocenters. The summed E-state index contributed by atoms with van der Waals surface area (Å²) in [7, 11) is 3.18. The molecule has 1 aliphatic heterocycles. The molecule has 2 atom stereocenters. The van der Waals surface area contributed by atoms with Gasteiger partial charge in [-0.1, -0.05) is 5.16 Å². The summed E-state index contributed by atoms with van der Waals surface area (Å²) in [5.74, 6) is 0.257. The molecule has 18 heavy (non-hydrogen) atoms. The Labute approximate surface area is 105 Å². The smallest absolute Gasteiger partial charge is 0.273 e. The summed E-state index contributed by atoms with van der Waals surface area (Å²) in [6.45, 7) is 1.72. The first-order chi connectivity index (χ1) is 8.74. The molecule has 7 heteroatoms. The molecule has 1 aliphatic rings. The summed E-state index contributed by atoms with van der Waals surface area (Å²) in [6.07, 6.45) is -0.0145. The predicted octanol–water partition coefficient (Wildman–Crippen LogP) is -0.462. The second-order valence-electron chi connectivity index (χ2n) is 4.12. The van der Waals surface area contributed by atoms with Crippen LogP contribution in [0.5, 0.6) is 0 Å². The summed E-state index contributed by atoms with van der Waals surface area (Å²) < 4.78 is 15.1. The molecule has 0 aromatic carbocycles. The Morgan fingerprint density at radius 2 is 2.44 bits per heavy atom. The Morgan fingerprint density at radius 3 is 3.17 bits per heavy atom. The first-order valence-electron chi connectivity index (χ1n) is 5.73. The van der Waals surface area contributed by atoms with Gasteiger partial charge < -0.3 is 24.6 Å². The van der Waals surface area contributed by atoms with Gasteiger partial charge in [-0.05, 0) is 0 Å². The van der Waals surface area contributed by atoms with Gasteiger partial charge in [0.1, 0.15) is 6.61 Å². The van der Waals surface area contributed by atoms with Gasteiger partial charge in [0.25, 0.3) is 5.91 Å². The molecule has 2 heterocycles. The second kappa shape index (κ2) is 5.94. The van der Waals surface area contributed by atoms with E-state index >= 15 is 0 Å². The van der Waals surface area contributed by atoms with Crippen molar-refractivity contribution in [3.05, 3.63) is 17.5 Å². The molecule has 0 spiro atoms. The van der Waals surface area contributed by atoms with E-state index in [2.05, 4.69) is 15.8 Å². The van der Waals surface area contributed by atoms with Crippen LogP contribution in [0.4, 0.5) is 0 Å². The number of hydrogen-bond acceptors (Lipinski definition) is 6. The number of rotatable bonds is 5. The van der Waals surface area contributed by atoms with Crippen molar-refractivity contribution in [3.63, 3.8) is 0 Å². The summed E-state index contributed by atoms with van der Waals surface area (Å²) in [4.78, 5) is 11.9. The first-order valence-corrected chi connectivity index (χ1v) is 5.73. The van der Waals surface area contributed by atoms with E-state index < -0.39 is 0 Å². The lowest BCUT2D eigenvalue weighted by atomic mass is 10.2. The molecule has 100 valence electrons. The first kappa shape index (κ1) is 13.0. The lowest BCUT2D eigenvalue weighted by Crippen LogP contribution is -2.43. The minimum atomic E-state index is -0.267. The lowest BCUT2D eigenvalue weighted by molar-refractivity contribution is 0.0773. The van der Waals surface area contributed by atoms with Crippen LogP contribution in [-0.2, 0) is 16.1 Å². The number of hydrogen-bond donors (Lipinski definition) is 2. The van der Waals surface area contributed by atoms with E-state index in [1.54, 1.807) is 20.3 Å². The molecule has 0 radical (unpaired) electrons. The van der Waals surface area contributed by atoms with E-state index in [1.165, 1.54) is 0 Å². The molecule has 0 aliphatic carbocycles. The largest absolute Gasteiger partial charge is 0.378 e. The van der Waals surface area contributed by atoms with E-state index in [-0.39, 0.29) is 23.7 Å². The second-order valence-corrected chi connectivity index (χ2v) is 4.12. The predicted molar refractivity (Wildman–Crippen MR) is 62.1 cm³/mol. The molecule has 0 bridgehead atoms. The van der Waals surface area contributed by atoms with Crippen molar-refractivity contribution in [2.45, 2.75) is 18.8 Å². The average molecular weight is 255 g/mol. The third-order valence-corrected chi connectivity index (χ3v) is 2.86. The third-order valence-electron chi connectivity index (χ3n) is 2.86. The molecule has 1 saturated heterocycles. The molecule has 2 rings (SSSR count). The number of amides is 1. The Hall–Kier alpha value is -1.44.